The fourth-order valence-corrected chi connectivity index (χ4v) is 1.70. The maximum Gasteiger partial charge on any atom is 0.0996 e. The van der Waals surface area contributed by atoms with Gasteiger partial charge >= 0.3 is 0 Å². The number of imidazole rings is 1. The van der Waals surface area contributed by atoms with Gasteiger partial charge in [-0.3, -0.25) is 0 Å². The van der Waals surface area contributed by atoms with Crippen molar-refractivity contribution in [3.8, 4) is 0 Å². The highest BCUT2D eigenvalue weighted by Crippen LogP contribution is 2.18. The molecule has 0 aromatic carbocycles. The second kappa shape index (κ2) is 3.12. The van der Waals surface area contributed by atoms with E-state index in [1.165, 1.54) is 0 Å². The molecule has 2 aromatic heterocycles. The number of aromatic nitrogens is 2. The summed E-state index contributed by atoms with van der Waals surface area (Å²) in [4.78, 5) is 4.25. The number of fused-ring (bicyclic) bond motifs is 1. The fraction of sp³-hybridized carbons (Fsp3) is 0.222. The van der Waals surface area contributed by atoms with Crippen LogP contribution in [0.4, 0.5) is 0 Å². The summed E-state index contributed by atoms with van der Waals surface area (Å²) in [7, 11) is 0. The molecule has 0 aliphatic carbocycles. The molecule has 2 heterocycles. The van der Waals surface area contributed by atoms with Crippen molar-refractivity contribution in [1.29, 1.82) is 0 Å². The lowest BCUT2D eigenvalue weighted by molar-refractivity contribution is 0.796. The Kier molecular flexibility index (Phi) is 2.09. The standard InChI is InChI=1S/C9H10BrN3/c1-6(11)9-8-3-2-7(10)4-13(8)5-12-9/h2-6H,11H2,1H3. The molecule has 68 valence electrons. The summed E-state index contributed by atoms with van der Waals surface area (Å²) in [5, 5.41) is 0. The summed E-state index contributed by atoms with van der Waals surface area (Å²) in [6, 6.07) is 3.98. The van der Waals surface area contributed by atoms with Crippen LogP contribution in [0, 0.1) is 0 Å². The van der Waals surface area contributed by atoms with E-state index in [0.29, 0.717) is 0 Å². The molecular formula is C9H10BrN3. The van der Waals surface area contributed by atoms with Gasteiger partial charge in [-0.25, -0.2) is 4.98 Å². The van der Waals surface area contributed by atoms with Crippen molar-refractivity contribution in [2.45, 2.75) is 13.0 Å². The molecule has 0 bridgehead atoms. The molecular weight excluding hydrogens is 230 g/mol. The van der Waals surface area contributed by atoms with Crippen LogP contribution in [0.25, 0.3) is 5.52 Å². The number of nitrogens with two attached hydrogens (primary N) is 1. The number of nitrogens with zero attached hydrogens (tertiary/aromatic N) is 2. The van der Waals surface area contributed by atoms with Gasteiger partial charge in [-0.1, -0.05) is 0 Å². The molecule has 0 saturated heterocycles. The van der Waals surface area contributed by atoms with Crippen LogP contribution < -0.4 is 5.73 Å². The van der Waals surface area contributed by atoms with E-state index in [4.69, 9.17) is 5.73 Å². The molecule has 4 heteroatoms. The summed E-state index contributed by atoms with van der Waals surface area (Å²) in [6.07, 6.45) is 3.74. The summed E-state index contributed by atoms with van der Waals surface area (Å²) >= 11 is 3.40. The second-order valence-electron chi connectivity index (χ2n) is 3.06. The van der Waals surface area contributed by atoms with Gasteiger partial charge in [-0.15, -0.1) is 0 Å². The minimum atomic E-state index is -0.0221. The Balaban J connectivity index is 2.69. The number of pyridine rings is 1. The Morgan fingerprint density at radius 3 is 3.00 bits per heavy atom. The van der Waals surface area contributed by atoms with Crippen LogP contribution in [-0.4, -0.2) is 9.38 Å². The van der Waals surface area contributed by atoms with Gasteiger partial charge in [0.15, 0.2) is 0 Å². The zero-order valence-electron chi connectivity index (χ0n) is 7.24. The van der Waals surface area contributed by atoms with Crippen LogP contribution >= 0.6 is 15.9 Å². The zero-order valence-corrected chi connectivity index (χ0v) is 8.82. The molecule has 3 nitrogen and oxygen atoms in total. The average molecular weight is 240 g/mol. The largest absolute Gasteiger partial charge is 0.323 e. The van der Waals surface area contributed by atoms with Crippen molar-refractivity contribution in [3.05, 3.63) is 34.8 Å². The number of halogens is 1. The lowest BCUT2D eigenvalue weighted by Crippen LogP contribution is -2.05. The van der Waals surface area contributed by atoms with Crippen molar-refractivity contribution < 1.29 is 0 Å². The molecule has 0 spiro atoms. The Morgan fingerprint density at radius 2 is 2.31 bits per heavy atom. The van der Waals surface area contributed by atoms with Gasteiger partial charge in [-0.05, 0) is 35.0 Å². The maximum atomic E-state index is 5.77. The second-order valence-corrected chi connectivity index (χ2v) is 3.97. The predicted molar refractivity (Wildman–Crippen MR) is 55.5 cm³/mol. The first-order valence-electron chi connectivity index (χ1n) is 4.06. The van der Waals surface area contributed by atoms with Gasteiger partial charge < -0.3 is 10.1 Å². The molecule has 2 rings (SSSR count). The van der Waals surface area contributed by atoms with Crippen LogP contribution in [0.5, 0.6) is 0 Å². The Morgan fingerprint density at radius 1 is 1.54 bits per heavy atom. The van der Waals surface area contributed by atoms with Gasteiger partial charge in [0, 0.05) is 16.7 Å². The highest BCUT2D eigenvalue weighted by atomic mass is 79.9. The Bertz CT molecular complexity index is 433. The first kappa shape index (κ1) is 8.72. The minimum Gasteiger partial charge on any atom is -0.323 e. The van der Waals surface area contributed by atoms with Gasteiger partial charge in [0.1, 0.15) is 0 Å². The third kappa shape index (κ3) is 1.47. The Hall–Kier alpha value is -0.870. The summed E-state index contributed by atoms with van der Waals surface area (Å²) < 4.78 is 3.00. The Labute approximate surface area is 84.7 Å². The van der Waals surface area contributed by atoms with E-state index in [1.54, 1.807) is 6.33 Å². The molecule has 0 radical (unpaired) electrons. The van der Waals surface area contributed by atoms with E-state index in [2.05, 4.69) is 20.9 Å². The highest BCUT2D eigenvalue weighted by molar-refractivity contribution is 9.10. The third-order valence-electron chi connectivity index (χ3n) is 1.96. The quantitative estimate of drug-likeness (QED) is 0.829. The van der Waals surface area contributed by atoms with Gasteiger partial charge in [-0.2, -0.15) is 0 Å². The van der Waals surface area contributed by atoms with Gasteiger partial charge in [0.05, 0.1) is 17.5 Å². The van der Waals surface area contributed by atoms with Crippen molar-refractivity contribution in [1.82, 2.24) is 9.38 Å². The molecule has 1 atom stereocenters. The maximum absolute atomic E-state index is 5.77. The number of rotatable bonds is 1. The topological polar surface area (TPSA) is 43.3 Å². The SMILES string of the molecule is CC(N)c1ncn2cc(Br)ccc12. The lowest BCUT2D eigenvalue weighted by Gasteiger charge is -2.01. The monoisotopic (exact) mass is 239 g/mol. The van der Waals surface area contributed by atoms with E-state index in [-0.39, 0.29) is 6.04 Å². The van der Waals surface area contributed by atoms with Crippen LogP contribution in [0.3, 0.4) is 0 Å². The van der Waals surface area contributed by atoms with Crippen molar-refractivity contribution in [3.63, 3.8) is 0 Å². The van der Waals surface area contributed by atoms with Crippen LogP contribution in [0.1, 0.15) is 18.7 Å². The summed E-state index contributed by atoms with van der Waals surface area (Å²) in [5.41, 5.74) is 7.78. The molecule has 2 N–H and O–H groups in total. The molecule has 13 heavy (non-hydrogen) atoms. The van der Waals surface area contributed by atoms with Gasteiger partial charge in [0.25, 0.3) is 0 Å². The number of hydrogen-bond donors (Lipinski definition) is 1. The van der Waals surface area contributed by atoms with Crippen LogP contribution in [0.15, 0.2) is 29.1 Å². The predicted octanol–water partition coefficient (Wildman–Crippen LogP) is 2.12. The fourth-order valence-electron chi connectivity index (χ4n) is 1.34. The van der Waals surface area contributed by atoms with Crippen molar-refractivity contribution >= 4 is 21.4 Å². The van der Waals surface area contributed by atoms with Crippen LogP contribution in [-0.2, 0) is 0 Å². The van der Waals surface area contributed by atoms with Gasteiger partial charge in [0.2, 0.25) is 0 Å². The molecule has 1 unspecified atom stereocenters. The molecule has 2 aromatic rings. The van der Waals surface area contributed by atoms with E-state index in [0.717, 1.165) is 15.7 Å². The molecule has 0 saturated carbocycles. The minimum absolute atomic E-state index is 0.0221. The van der Waals surface area contributed by atoms with E-state index < -0.39 is 0 Å². The molecule has 0 amide bonds. The van der Waals surface area contributed by atoms with Crippen molar-refractivity contribution in [2.24, 2.45) is 5.73 Å². The molecule has 0 fully saturated rings. The summed E-state index contributed by atoms with van der Waals surface area (Å²) in [5.74, 6) is 0. The lowest BCUT2D eigenvalue weighted by atomic mass is 10.2. The van der Waals surface area contributed by atoms with E-state index in [9.17, 15) is 0 Å². The normalized spacial score (nSPS) is 13.5. The first-order chi connectivity index (χ1) is 6.18. The molecule has 0 aliphatic rings. The van der Waals surface area contributed by atoms with E-state index >= 15 is 0 Å². The van der Waals surface area contributed by atoms with Crippen molar-refractivity contribution in [2.75, 3.05) is 0 Å². The summed E-state index contributed by atoms with van der Waals surface area (Å²) in [6.45, 7) is 1.93. The number of hydrogen-bond acceptors (Lipinski definition) is 2. The van der Waals surface area contributed by atoms with Crippen LogP contribution in [0.2, 0.25) is 0 Å². The zero-order chi connectivity index (χ0) is 9.42. The van der Waals surface area contributed by atoms with E-state index in [1.807, 2.05) is 29.7 Å². The first-order valence-corrected chi connectivity index (χ1v) is 4.85. The highest BCUT2D eigenvalue weighted by Gasteiger charge is 2.07. The molecule has 0 aliphatic heterocycles. The third-order valence-corrected chi connectivity index (χ3v) is 2.43. The smallest absolute Gasteiger partial charge is 0.0996 e. The average Bonchev–Trinajstić information content (AvgIpc) is 2.46.